The lowest BCUT2D eigenvalue weighted by molar-refractivity contribution is -0.135. The summed E-state index contributed by atoms with van der Waals surface area (Å²) < 4.78 is 0. The molecule has 5 amide bonds. The Kier molecular flexibility index (Phi) is 6.49. The van der Waals surface area contributed by atoms with E-state index in [0.29, 0.717) is 32.4 Å². The molecule has 2 aromatic carbocycles. The molecule has 2 heterocycles. The highest BCUT2D eigenvalue weighted by Gasteiger charge is 2.37. The average Bonchev–Trinajstić information content (AvgIpc) is 3.32. The summed E-state index contributed by atoms with van der Waals surface area (Å²) in [5.41, 5.74) is 1.89. The van der Waals surface area contributed by atoms with E-state index in [0.717, 1.165) is 11.1 Å². The van der Waals surface area contributed by atoms with Crippen LogP contribution in [0.2, 0.25) is 0 Å². The van der Waals surface area contributed by atoms with Gasteiger partial charge in [0.25, 0.3) is 5.91 Å². The number of carbonyl (C=O) groups excluding carboxylic acids is 4. The van der Waals surface area contributed by atoms with Gasteiger partial charge in [-0.05, 0) is 24.0 Å². The summed E-state index contributed by atoms with van der Waals surface area (Å²) in [4.78, 5) is 53.0. The van der Waals surface area contributed by atoms with Crippen molar-refractivity contribution in [3.8, 4) is 0 Å². The first-order chi connectivity index (χ1) is 15.5. The summed E-state index contributed by atoms with van der Waals surface area (Å²) in [7, 11) is 0. The quantitative estimate of drug-likeness (QED) is 0.728. The van der Waals surface area contributed by atoms with E-state index in [-0.39, 0.29) is 18.2 Å². The lowest BCUT2D eigenvalue weighted by Gasteiger charge is -2.27. The SMILES string of the molecule is O=C(NC(=O)C1CCC(=O)N1Cc1ccccc1)NC1CCC(=O)N1Cc1ccccc1. The van der Waals surface area contributed by atoms with Crippen molar-refractivity contribution in [1.82, 2.24) is 20.4 Å². The first-order valence-corrected chi connectivity index (χ1v) is 10.8. The van der Waals surface area contributed by atoms with Crippen molar-refractivity contribution in [3.05, 3.63) is 71.8 Å². The standard InChI is InChI=1S/C24H26N4O4/c29-21-13-11-19(27(21)15-17-7-3-1-4-8-17)23(31)26-24(32)25-20-12-14-22(30)28(20)16-18-9-5-2-6-10-18/h1-10,19-20H,11-16H2,(H2,25,26,31,32). The molecule has 0 spiro atoms. The molecule has 32 heavy (non-hydrogen) atoms. The van der Waals surface area contributed by atoms with Crippen molar-refractivity contribution >= 4 is 23.8 Å². The van der Waals surface area contributed by atoms with Crippen LogP contribution in [0.5, 0.6) is 0 Å². The molecular weight excluding hydrogens is 408 g/mol. The van der Waals surface area contributed by atoms with Crippen LogP contribution in [0.1, 0.15) is 36.8 Å². The second-order valence-corrected chi connectivity index (χ2v) is 8.09. The van der Waals surface area contributed by atoms with Gasteiger partial charge < -0.3 is 15.1 Å². The summed E-state index contributed by atoms with van der Waals surface area (Å²) in [6, 6.07) is 17.6. The van der Waals surface area contributed by atoms with Crippen molar-refractivity contribution in [2.45, 2.75) is 51.0 Å². The minimum absolute atomic E-state index is 0.0408. The second-order valence-electron chi connectivity index (χ2n) is 8.09. The Bertz CT molecular complexity index is 996. The Morgan fingerprint density at radius 3 is 1.94 bits per heavy atom. The van der Waals surface area contributed by atoms with Gasteiger partial charge in [-0.25, -0.2) is 4.79 Å². The maximum absolute atomic E-state index is 12.8. The minimum Gasteiger partial charge on any atom is -0.326 e. The third-order valence-corrected chi connectivity index (χ3v) is 5.88. The Balaban J connectivity index is 1.35. The van der Waals surface area contributed by atoms with Crippen LogP contribution in [-0.2, 0) is 27.5 Å². The predicted octanol–water partition coefficient (Wildman–Crippen LogP) is 2.15. The van der Waals surface area contributed by atoms with E-state index in [2.05, 4.69) is 10.6 Å². The smallest absolute Gasteiger partial charge is 0.323 e. The number of nitrogens with zero attached hydrogens (tertiary/aromatic N) is 2. The first kappa shape index (κ1) is 21.5. The molecule has 2 aliphatic heterocycles. The fraction of sp³-hybridized carbons (Fsp3) is 0.333. The number of amides is 5. The Morgan fingerprint density at radius 2 is 1.31 bits per heavy atom. The molecule has 2 N–H and O–H groups in total. The molecule has 2 saturated heterocycles. The van der Waals surface area contributed by atoms with Gasteiger partial charge in [0.15, 0.2) is 0 Å². The van der Waals surface area contributed by atoms with Crippen LogP contribution in [0.3, 0.4) is 0 Å². The Hall–Kier alpha value is -3.68. The molecule has 2 atom stereocenters. The number of urea groups is 1. The molecule has 0 radical (unpaired) electrons. The highest BCUT2D eigenvalue weighted by Crippen LogP contribution is 2.22. The van der Waals surface area contributed by atoms with Gasteiger partial charge in [-0.15, -0.1) is 0 Å². The Morgan fingerprint density at radius 1 is 0.781 bits per heavy atom. The van der Waals surface area contributed by atoms with Gasteiger partial charge in [-0.1, -0.05) is 60.7 Å². The van der Waals surface area contributed by atoms with Crippen LogP contribution >= 0.6 is 0 Å². The van der Waals surface area contributed by atoms with Crippen molar-refractivity contribution in [2.75, 3.05) is 0 Å². The van der Waals surface area contributed by atoms with Crippen LogP contribution in [0.15, 0.2) is 60.7 Å². The van der Waals surface area contributed by atoms with E-state index in [1.807, 2.05) is 60.7 Å². The average molecular weight is 434 g/mol. The summed E-state index contributed by atoms with van der Waals surface area (Å²) >= 11 is 0. The van der Waals surface area contributed by atoms with Gasteiger partial charge in [0.2, 0.25) is 11.8 Å². The molecule has 2 unspecified atom stereocenters. The fourth-order valence-electron chi connectivity index (χ4n) is 4.23. The van der Waals surface area contributed by atoms with Crippen LogP contribution < -0.4 is 10.6 Å². The molecule has 4 rings (SSSR count). The van der Waals surface area contributed by atoms with Crippen molar-refractivity contribution in [1.29, 1.82) is 0 Å². The molecular formula is C24H26N4O4. The first-order valence-electron chi connectivity index (χ1n) is 10.8. The lowest BCUT2D eigenvalue weighted by Crippen LogP contribution is -2.53. The van der Waals surface area contributed by atoms with Gasteiger partial charge in [-0.3, -0.25) is 19.7 Å². The molecule has 0 saturated carbocycles. The summed E-state index contributed by atoms with van der Waals surface area (Å²) in [5.74, 6) is -0.658. The van der Waals surface area contributed by atoms with E-state index in [9.17, 15) is 19.2 Å². The highest BCUT2D eigenvalue weighted by molar-refractivity contribution is 6.00. The van der Waals surface area contributed by atoms with E-state index in [1.54, 1.807) is 4.90 Å². The zero-order chi connectivity index (χ0) is 22.5. The Labute approximate surface area is 186 Å². The van der Waals surface area contributed by atoms with Crippen LogP contribution in [-0.4, -0.2) is 45.8 Å². The van der Waals surface area contributed by atoms with Crippen molar-refractivity contribution in [2.24, 2.45) is 0 Å². The zero-order valence-electron chi connectivity index (χ0n) is 17.7. The van der Waals surface area contributed by atoms with Crippen LogP contribution in [0.4, 0.5) is 4.79 Å². The number of carbonyl (C=O) groups is 4. The maximum atomic E-state index is 12.8. The molecule has 166 valence electrons. The van der Waals surface area contributed by atoms with E-state index in [1.165, 1.54) is 4.90 Å². The molecule has 0 bridgehead atoms. The predicted molar refractivity (Wildman–Crippen MR) is 117 cm³/mol. The monoisotopic (exact) mass is 434 g/mol. The van der Waals surface area contributed by atoms with E-state index in [4.69, 9.17) is 0 Å². The lowest BCUT2D eigenvalue weighted by atomic mass is 10.1. The molecule has 8 heteroatoms. The zero-order valence-corrected chi connectivity index (χ0v) is 17.7. The largest absolute Gasteiger partial charge is 0.326 e. The number of hydrogen-bond acceptors (Lipinski definition) is 4. The number of rotatable bonds is 6. The summed E-state index contributed by atoms with van der Waals surface area (Å²) in [6.45, 7) is 0.710. The molecule has 2 fully saturated rings. The molecule has 2 aliphatic rings. The second kappa shape index (κ2) is 9.64. The van der Waals surface area contributed by atoms with Crippen LogP contribution in [0.25, 0.3) is 0 Å². The van der Waals surface area contributed by atoms with Gasteiger partial charge in [0, 0.05) is 25.9 Å². The molecule has 0 aromatic heterocycles. The van der Waals surface area contributed by atoms with Gasteiger partial charge >= 0.3 is 6.03 Å². The number of benzene rings is 2. The van der Waals surface area contributed by atoms with E-state index >= 15 is 0 Å². The number of hydrogen-bond donors (Lipinski definition) is 2. The third-order valence-electron chi connectivity index (χ3n) is 5.88. The topological polar surface area (TPSA) is 98.8 Å². The van der Waals surface area contributed by atoms with Crippen molar-refractivity contribution in [3.63, 3.8) is 0 Å². The van der Waals surface area contributed by atoms with Crippen LogP contribution in [0, 0.1) is 0 Å². The highest BCUT2D eigenvalue weighted by atomic mass is 16.2. The molecule has 0 aliphatic carbocycles. The fourth-order valence-corrected chi connectivity index (χ4v) is 4.23. The third kappa shape index (κ3) is 4.96. The van der Waals surface area contributed by atoms with Crippen molar-refractivity contribution < 1.29 is 19.2 Å². The summed E-state index contributed by atoms with van der Waals surface area (Å²) in [5, 5.41) is 5.10. The van der Waals surface area contributed by atoms with E-state index < -0.39 is 24.1 Å². The van der Waals surface area contributed by atoms with Gasteiger partial charge in [0.05, 0.1) is 0 Å². The number of imide groups is 1. The number of likely N-dealkylation sites (tertiary alicyclic amines) is 2. The maximum Gasteiger partial charge on any atom is 0.323 e. The number of nitrogens with one attached hydrogen (secondary N) is 2. The van der Waals surface area contributed by atoms with Gasteiger partial charge in [-0.2, -0.15) is 0 Å². The normalized spacial score (nSPS) is 20.5. The molecule has 8 nitrogen and oxygen atoms in total. The van der Waals surface area contributed by atoms with Gasteiger partial charge in [0.1, 0.15) is 12.2 Å². The molecule has 2 aromatic rings. The summed E-state index contributed by atoms with van der Waals surface area (Å²) in [6.07, 6.45) is 0.978. The minimum atomic E-state index is -0.695.